The number of carboxylic acids is 1. The molecule has 1 N–H and O–H groups in total. The van der Waals surface area contributed by atoms with Gasteiger partial charge in [-0.1, -0.05) is 6.07 Å². The van der Waals surface area contributed by atoms with Crippen LogP contribution >= 0.6 is 0 Å². The number of carbonyl (C=O) groups excluding carboxylic acids is 1. The van der Waals surface area contributed by atoms with Crippen LogP contribution in [0.1, 0.15) is 36.0 Å². The van der Waals surface area contributed by atoms with E-state index >= 15 is 0 Å². The highest BCUT2D eigenvalue weighted by molar-refractivity contribution is 5.97. The first-order valence-electron chi connectivity index (χ1n) is 9.63. The van der Waals surface area contributed by atoms with Gasteiger partial charge < -0.3 is 19.2 Å². The zero-order chi connectivity index (χ0) is 20.4. The van der Waals surface area contributed by atoms with Crippen LogP contribution in [0.15, 0.2) is 46.9 Å². The molecule has 1 amide bonds. The highest BCUT2D eigenvalue weighted by atomic mass is 16.5. The number of amides is 1. The summed E-state index contributed by atoms with van der Waals surface area (Å²) in [5, 5.41) is 9.16. The molecule has 1 unspecified atom stereocenters. The maximum atomic E-state index is 13.1. The monoisotopic (exact) mass is 394 g/mol. The molecule has 1 aliphatic heterocycles. The number of rotatable bonds is 5. The van der Waals surface area contributed by atoms with E-state index in [0.29, 0.717) is 41.3 Å². The van der Waals surface area contributed by atoms with Crippen molar-refractivity contribution < 1.29 is 23.8 Å². The van der Waals surface area contributed by atoms with Crippen molar-refractivity contribution in [3.05, 3.63) is 48.0 Å². The third kappa shape index (κ3) is 3.94. The van der Waals surface area contributed by atoms with Gasteiger partial charge in [-0.25, -0.2) is 4.98 Å². The zero-order valence-electron chi connectivity index (χ0n) is 16.1. The number of hydrogen-bond donors (Lipinski definition) is 1. The zero-order valence-corrected chi connectivity index (χ0v) is 16.1. The first-order chi connectivity index (χ1) is 14.0. The number of carbonyl (C=O) groups is 2. The molecule has 0 radical (unpaired) electrons. The van der Waals surface area contributed by atoms with Gasteiger partial charge in [-0.05, 0) is 55.7 Å². The molecule has 2 aromatic carbocycles. The van der Waals surface area contributed by atoms with Gasteiger partial charge in [-0.15, -0.1) is 0 Å². The van der Waals surface area contributed by atoms with E-state index in [4.69, 9.17) is 14.3 Å². The van der Waals surface area contributed by atoms with Crippen LogP contribution in [0, 0.1) is 0 Å². The Balaban J connectivity index is 1.63. The number of fused-ring (bicyclic) bond motifs is 1. The summed E-state index contributed by atoms with van der Waals surface area (Å²) in [7, 11) is 1.60. The fraction of sp³-hybridized carbons (Fsp3) is 0.318. The third-order valence-corrected chi connectivity index (χ3v) is 5.25. The summed E-state index contributed by atoms with van der Waals surface area (Å²) in [6.07, 6.45) is 2.50. The fourth-order valence-corrected chi connectivity index (χ4v) is 3.78. The minimum atomic E-state index is -0.886. The third-order valence-electron chi connectivity index (χ3n) is 5.25. The molecule has 7 nitrogen and oxygen atoms in total. The maximum Gasteiger partial charge on any atom is 0.305 e. The predicted octanol–water partition coefficient (Wildman–Crippen LogP) is 3.97. The van der Waals surface area contributed by atoms with Crippen LogP contribution < -0.4 is 4.74 Å². The number of nitrogens with zero attached hydrogens (tertiary/aromatic N) is 2. The van der Waals surface area contributed by atoms with E-state index in [9.17, 15) is 9.59 Å². The summed E-state index contributed by atoms with van der Waals surface area (Å²) in [5.74, 6) is 0.0981. The van der Waals surface area contributed by atoms with Crippen molar-refractivity contribution in [2.24, 2.45) is 0 Å². The molecule has 0 saturated carbocycles. The van der Waals surface area contributed by atoms with E-state index in [1.54, 1.807) is 30.2 Å². The molecular formula is C22H22N2O5. The van der Waals surface area contributed by atoms with Crippen LogP contribution in [-0.4, -0.2) is 46.6 Å². The second-order valence-corrected chi connectivity index (χ2v) is 7.18. The lowest BCUT2D eigenvalue weighted by atomic mass is 9.98. The van der Waals surface area contributed by atoms with Crippen molar-refractivity contribution in [2.45, 2.75) is 31.7 Å². The van der Waals surface area contributed by atoms with Crippen molar-refractivity contribution in [1.29, 1.82) is 0 Å². The van der Waals surface area contributed by atoms with Crippen LogP contribution in [0.5, 0.6) is 5.75 Å². The molecular weight excluding hydrogens is 372 g/mol. The minimum Gasteiger partial charge on any atom is -0.497 e. The van der Waals surface area contributed by atoms with Gasteiger partial charge in [0.1, 0.15) is 11.3 Å². The van der Waals surface area contributed by atoms with Gasteiger partial charge in [0.2, 0.25) is 5.89 Å². The van der Waals surface area contributed by atoms with Gasteiger partial charge in [-0.2, -0.15) is 0 Å². The number of likely N-dealkylation sites (tertiary alicyclic amines) is 1. The Morgan fingerprint density at radius 2 is 2.10 bits per heavy atom. The smallest absolute Gasteiger partial charge is 0.305 e. The van der Waals surface area contributed by atoms with Gasteiger partial charge in [-0.3, -0.25) is 9.59 Å². The van der Waals surface area contributed by atoms with E-state index in [1.165, 1.54) is 0 Å². The number of ether oxygens (including phenoxy) is 1. The molecule has 150 valence electrons. The molecule has 1 fully saturated rings. The van der Waals surface area contributed by atoms with E-state index in [1.807, 2.05) is 24.3 Å². The van der Waals surface area contributed by atoms with Crippen molar-refractivity contribution in [1.82, 2.24) is 9.88 Å². The maximum absolute atomic E-state index is 13.1. The number of aliphatic carboxylic acids is 1. The normalized spacial score (nSPS) is 16.7. The highest BCUT2D eigenvalue weighted by Gasteiger charge is 2.29. The molecule has 1 aromatic heterocycles. The van der Waals surface area contributed by atoms with Crippen LogP contribution in [0.3, 0.4) is 0 Å². The van der Waals surface area contributed by atoms with E-state index in [0.717, 1.165) is 18.4 Å². The van der Waals surface area contributed by atoms with Gasteiger partial charge in [0.05, 0.1) is 13.5 Å². The molecule has 1 aliphatic rings. The summed E-state index contributed by atoms with van der Waals surface area (Å²) in [4.78, 5) is 30.4. The SMILES string of the molecule is COc1cccc(-c2nc3ccc(C(=O)N4CCCCC4CC(=O)O)cc3o2)c1. The summed E-state index contributed by atoms with van der Waals surface area (Å²) in [5.41, 5.74) is 2.43. The van der Waals surface area contributed by atoms with Crippen molar-refractivity contribution >= 4 is 23.0 Å². The lowest BCUT2D eigenvalue weighted by Crippen LogP contribution is -2.44. The number of benzene rings is 2. The molecule has 0 bridgehead atoms. The first kappa shape index (κ1) is 19.0. The number of aromatic nitrogens is 1. The molecule has 7 heteroatoms. The van der Waals surface area contributed by atoms with Crippen molar-refractivity contribution in [2.75, 3.05) is 13.7 Å². The lowest BCUT2D eigenvalue weighted by Gasteiger charge is -2.35. The van der Waals surface area contributed by atoms with E-state index in [-0.39, 0.29) is 18.4 Å². The lowest BCUT2D eigenvalue weighted by molar-refractivity contribution is -0.138. The molecule has 29 heavy (non-hydrogen) atoms. The van der Waals surface area contributed by atoms with Gasteiger partial charge in [0.15, 0.2) is 5.58 Å². The highest BCUT2D eigenvalue weighted by Crippen LogP contribution is 2.28. The molecule has 3 aromatic rings. The fourth-order valence-electron chi connectivity index (χ4n) is 3.78. The Hall–Kier alpha value is -3.35. The quantitative estimate of drug-likeness (QED) is 0.704. The molecule has 1 atom stereocenters. The number of piperidine rings is 1. The first-order valence-corrected chi connectivity index (χ1v) is 9.63. The minimum absolute atomic E-state index is 0.0315. The Bertz CT molecular complexity index is 1060. The number of hydrogen-bond acceptors (Lipinski definition) is 5. The summed E-state index contributed by atoms with van der Waals surface area (Å²) in [6.45, 7) is 0.570. The Morgan fingerprint density at radius 1 is 1.24 bits per heavy atom. The van der Waals surface area contributed by atoms with Crippen LogP contribution in [0.25, 0.3) is 22.6 Å². The predicted molar refractivity (Wildman–Crippen MR) is 107 cm³/mol. The average Bonchev–Trinajstić information content (AvgIpc) is 3.17. The number of oxazole rings is 1. The van der Waals surface area contributed by atoms with Crippen LogP contribution in [0.4, 0.5) is 0 Å². The number of carboxylic acid groups (broad SMARTS) is 1. The summed E-state index contributed by atoms with van der Waals surface area (Å²) >= 11 is 0. The largest absolute Gasteiger partial charge is 0.497 e. The molecule has 0 aliphatic carbocycles. The van der Waals surface area contributed by atoms with Gasteiger partial charge >= 0.3 is 5.97 Å². The summed E-state index contributed by atoms with van der Waals surface area (Å²) in [6, 6.07) is 12.3. The van der Waals surface area contributed by atoms with Crippen LogP contribution in [-0.2, 0) is 4.79 Å². The summed E-state index contributed by atoms with van der Waals surface area (Å²) < 4.78 is 11.1. The second kappa shape index (κ2) is 7.95. The van der Waals surface area contributed by atoms with E-state index < -0.39 is 5.97 Å². The van der Waals surface area contributed by atoms with Crippen molar-refractivity contribution in [3.63, 3.8) is 0 Å². The Kier molecular flexibility index (Phi) is 5.20. The number of methoxy groups -OCH3 is 1. The van der Waals surface area contributed by atoms with Gasteiger partial charge in [0, 0.05) is 23.7 Å². The molecule has 0 spiro atoms. The van der Waals surface area contributed by atoms with Gasteiger partial charge in [0.25, 0.3) is 5.91 Å². The average molecular weight is 394 g/mol. The molecule has 4 rings (SSSR count). The van der Waals surface area contributed by atoms with Crippen molar-refractivity contribution in [3.8, 4) is 17.2 Å². The van der Waals surface area contributed by atoms with E-state index in [2.05, 4.69) is 4.98 Å². The Morgan fingerprint density at radius 3 is 2.90 bits per heavy atom. The Labute approximate surface area is 167 Å². The standard InChI is InChI=1S/C22H22N2O5/c1-28-17-7-4-5-14(11-17)21-23-18-9-8-15(12-19(18)29-21)22(27)24-10-3-2-6-16(24)13-20(25)26/h4-5,7-9,11-12,16H,2-3,6,10,13H2,1H3,(H,25,26). The molecule has 1 saturated heterocycles. The topological polar surface area (TPSA) is 92.9 Å². The van der Waals surface area contributed by atoms with Crippen LogP contribution in [0.2, 0.25) is 0 Å². The second-order valence-electron chi connectivity index (χ2n) is 7.18. The molecule has 2 heterocycles.